The third-order valence-electron chi connectivity index (χ3n) is 8.86. The van der Waals surface area contributed by atoms with Crippen molar-refractivity contribution < 1.29 is 5.11 Å². The van der Waals surface area contributed by atoms with Crippen molar-refractivity contribution in [3.8, 4) is 0 Å². The van der Waals surface area contributed by atoms with Crippen LogP contribution in [0, 0.1) is 40.9 Å². The van der Waals surface area contributed by atoms with Gasteiger partial charge in [0.05, 0.1) is 5.60 Å². The van der Waals surface area contributed by atoms with Crippen LogP contribution in [0.2, 0.25) is 0 Å². The molecule has 130 valence electrons. The average Bonchev–Trinajstić information content (AvgIpc) is 2.84. The highest BCUT2D eigenvalue weighted by Crippen LogP contribution is 2.65. The molecule has 8 atom stereocenters. The molecule has 0 saturated heterocycles. The first-order valence-corrected chi connectivity index (χ1v) is 10.2. The third-order valence-corrected chi connectivity index (χ3v) is 8.86. The summed E-state index contributed by atoms with van der Waals surface area (Å²) >= 11 is 0. The van der Waals surface area contributed by atoms with Crippen LogP contribution in [0.5, 0.6) is 0 Å². The van der Waals surface area contributed by atoms with Gasteiger partial charge in [-0.1, -0.05) is 25.5 Å². The summed E-state index contributed by atoms with van der Waals surface area (Å²) in [4.78, 5) is 0. The normalized spacial score (nSPS) is 57.7. The summed E-state index contributed by atoms with van der Waals surface area (Å²) in [5, 5.41) is 10.6. The molecule has 4 fully saturated rings. The molecule has 4 aliphatic carbocycles. The van der Waals surface area contributed by atoms with Crippen LogP contribution in [0.4, 0.5) is 0 Å². The topological polar surface area (TPSA) is 20.2 Å². The first-order chi connectivity index (χ1) is 10.9. The Bertz CT molecular complexity index is 504. The van der Waals surface area contributed by atoms with Crippen LogP contribution in [-0.4, -0.2) is 10.7 Å². The Morgan fingerprint density at radius 3 is 2.43 bits per heavy atom. The Balaban J connectivity index is 1.61. The van der Waals surface area contributed by atoms with Gasteiger partial charge in [0.1, 0.15) is 0 Å². The van der Waals surface area contributed by atoms with Crippen LogP contribution in [-0.2, 0) is 0 Å². The number of allylic oxidation sites excluding steroid dienone is 2. The van der Waals surface area contributed by atoms with Gasteiger partial charge in [-0.2, -0.15) is 0 Å². The van der Waals surface area contributed by atoms with E-state index in [1.165, 1.54) is 38.5 Å². The fourth-order valence-corrected chi connectivity index (χ4v) is 7.72. The van der Waals surface area contributed by atoms with E-state index in [1.54, 1.807) is 5.57 Å². The molecule has 4 aliphatic rings. The minimum absolute atomic E-state index is 0.392. The molecular formula is C22H36O. The second kappa shape index (κ2) is 5.35. The first-order valence-electron chi connectivity index (χ1n) is 10.2. The van der Waals surface area contributed by atoms with Crippen LogP contribution in [0.3, 0.4) is 0 Å². The number of rotatable bonds is 0. The van der Waals surface area contributed by atoms with E-state index >= 15 is 0 Å². The molecule has 4 saturated carbocycles. The summed E-state index contributed by atoms with van der Waals surface area (Å²) in [7, 11) is 0. The zero-order valence-corrected chi connectivity index (χ0v) is 15.6. The van der Waals surface area contributed by atoms with Crippen LogP contribution in [0.25, 0.3) is 0 Å². The minimum Gasteiger partial charge on any atom is -0.390 e. The van der Waals surface area contributed by atoms with E-state index in [9.17, 15) is 5.11 Å². The Morgan fingerprint density at radius 1 is 1.00 bits per heavy atom. The van der Waals surface area contributed by atoms with Crippen LogP contribution in [0.1, 0.15) is 79.1 Å². The number of aliphatic hydroxyl groups is 1. The molecule has 4 rings (SSSR count). The van der Waals surface area contributed by atoms with E-state index in [0.29, 0.717) is 5.41 Å². The lowest BCUT2D eigenvalue weighted by Gasteiger charge is -2.58. The SMILES string of the molecule is C/C=C1/CCC2C3CC(C)C4CC(C)(O)CCC4C3CCC12C. The van der Waals surface area contributed by atoms with E-state index in [1.807, 2.05) is 0 Å². The molecule has 0 spiro atoms. The summed E-state index contributed by atoms with van der Waals surface area (Å²) < 4.78 is 0. The molecule has 0 amide bonds. The molecule has 0 aliphatic heterocycles. The highest BCUT2D eigenvalue weighted by atomic mass is 16.3. The van der Waals surface area contributed by atoms with Gasteiger partial charge in [0.2, 0.25) is 0 Å². The summed E-state index contributed by atoms with van der Waals surface area (Å²) in [6.07, 6.45) is 12.9. The maximum Gasteiger partial charge on any atom is 0.0622 e. The van der Waals surface area contributed by atoms with E-state index in [-0.39, 0.29) is 0 Å². The monoisotopic (exact) mass is 316 g/mol. The largest absolute Gasteiger partial charge is 0.390 e. The third kappa shape index (κ3) is 2.36. The van der Waals surface area contributed by atoms with Crippen molar-refractivity contribution in [1.82, 2.24) is 0 Å². The van der Waals surface area contributed by atoms with Gasteiger partial charge in [-0.05, 0) is 106 Å². The van der Waals surface area contributed by atoms with Gasteiger partial charge >= 0.3 is 0 Å². The molecule has 23 heavy (non-hydrogen) atoms. The summed E-state index contributed by atoms with van der Waals surface area (Å²) in [6.45, 7) is 9.42. The van der Waals surface area contributed by atoms with Gasteiger partial charge < -0.3 is 5.11 Å². The van der Waals surface area contributed by atoms with Crippen molar-refractivity contribution in [3.63, 3.8) is 0 Å². The van der Waals surface area contributed by atoms with Crippen molar-refractivity contribution in [2.24, 2.45) is 40.9 Å². The Morgan fingerprint density at radius 2 is 1.70 bits per heavy atom. The zero-order chi connectivity index (χ0) is 16.4. The maximum absolute atomic E-state index is 10.6. The molecule has 0 aromatic heterocycles. The molecule has 8 unspecified atom stereocenters. The molecule has 1 N–H and O–H groups in total. The number of hydrogen-bond donors (Lipinski definition) is 1. The predicted octanol–water partition coefficient (Wildman–Crippen LogP) is 5.58. The Labute approximate surface area is 142 Å². The lowest BCUT2D eigenvalue weighted by atomic mass is 9.47. The molecule has 0 aromatic rings. The van der Waals surface area contributed by atoms with Crippen molar-refractivity contribution in [2.45, 2.75) is 84.7 Å². The van der Waals surface area contributed by atoms with Gasteiger partial charge in [-0.3, -0.25) is 0 Å². The van der Waals surface area contributed by atoms with E-state index in [2.05, 4.69) is 33.8 Å². The average molecular weight is 317 g/mol. The van der Waals surface area contributed by atoms with Gasteiger partial charge in [0.15, 0.2) is 0 Å². The maximum atomic E-state index is 10.6. The fourth-order valence-electron chi connectivity index (χ4n) is 7.72. The molecule has 0 aromatic carbocycles. The van der Waals surface area contributed by atoms with Crippen LogP contribution in [0.15, 0.2) is 11.6 Å². The minimum atomic E-state index is -0.392. The van der Waals surface area contributed by atoms with Crippen molar-refractivity contribution in [3.05, 3.63) is 11.6 Å². The molecule has 1 nitrogen and oxygen atoms in total. The fraction of sp³-hybridized carbons (Fsp3) is 0.909. The molecule has 1 heteroatoms. The van der Waals surface area contributed by atoms with Crippen LogP contribution >= 0.6 is 0 Å². The second-order valence-electron chi connectivity index (χ2n) is 10.0. The summed E-state index contributed by atoms with van der Waals surface area (Å²) in [5.41, 5.74) is 1.89. The van der Waals surface area contributed by atoms with Gasteiger partial charge in [0.25, 0.3) is 0 Å². The van der Waals surface area contributed by atoms with Crippen molar-refractivity contribution in [2.75, 3.05) is 0 Å². The lowest BCUT2D eigenvalue weighted by Crippen LogP contribution is -2.52. The highest BCUT2D eigenvalue weighted by molar-refractivity contribution is 5.23. The number of hydrogen-bond acceptors (Lipinski definition) is 1. The van der Waals surface area contributed by atoms with E-state index in [0.717, 1.165) is 48.3 Å². The van der Waals surface area contributed by atoms with Gasteiger partial charge in [-0.15, -0.1) is 0 Å². The van der Waals surface area contributed by atoms with Gasteiger partial charge in [0, 0.05) is 0 Å². The summed E-state index contributed by atoms with van der Waals surface area (Å²) in [5.74, 6) is 5.37. The lowest BCUT2D eigenvalue weighted by molar-refractivity contribution is -0.110. The number of fused-ring (bicyclic) bond motifs is 5. The predicted molar refractivity (Wildman–Crippen MR) is 96.0 cm³/mol. The Kier molecular flexibility index (Phi) is 3.76. The van der Waals surface area contributed by atoms with Gasteiger partial charge in [-0.25, -0.2) is 0 Å². The van der Waals surface area contributed by atoms with E-state index in [4.69, 9.17) is 0 Å². The second-order valence-corrected chi connectivity index (χ2v) is 10.0. The van der Waals surface area contributed by atoms with Crippen molar-refractivity contribution >= 4 is 0 Å². The van der Waals surface area contributed by atoms with Crippen LogP contribution < -0.4 is 0 Å². The first kappa shape index (κ1) is 16.2. The Hall–Kier alpha value is -0.300. The molecule has 0 bridgehead atoms. The molecule has 0 heterocycles. The van der Waals surface area contributed by atoms with E-state index < -0.39 is 5.60 Å². The highest BCUT2D eigenvalue weighted by Gasteiger charge is 2.57. The zero-order valence-electron chi connectivity index (χ0n) is 15.6. The molecule has 0 radical (unpaired) electrons. The quantitative estimate of drug-likeness (QED) is 0.578. The van der Waals surface area contributed by atoms with Crippen molar-refractivity contribution in [1.29, 1.82) is 0 Å². The summed E-state index contributed by atoms with van der Waals surface area (Å²) in [6, 6.07) is 0. The molecular weight excluding hydrogens is 280 g/mol. The smallest absolute Gasteiger partial charge is 0.0622 e. The standard InChI is InChI=1S/C22H36O/c1-5-15-6-7-20-18-12-14(2)19-13-21(3,23)10-8-17(19)16(18)9-11-22(15,20)4/h5,14,16-20,23H,6-13H2,1-4H3/b15-5-.